The summed E-state index contributed by atoms with van der Waals surface area (Å²) >= 11 is 0. The van der Waals surface area contributed by atoms with Crippen LogP contribution in [0.2, 0.25) is 0 Å². The van der Waals surface area contributed by atoms with Crippen molar-refractivity contribution >= 4 is 23.3 Å². The molecule has 0 atom stereocenters. The second kappa shape index (κ2) is 10.5. The van der Waals surface area contributed by atoms with E-state index in [9.17, 15) is 9.59 Å². The molecule has 5 heterocycles. The Morgan fingerprint density at radius 1 is 1.03 bits per heavy atom. The van der Waals surface area contributed by atoms with Crippen LogP contribution in [0.4, 0.5) is 10.5 Å². The van der Waals surface area contributed by atoms with E-state index in [0.29, 0.717) is 43.6 Å². The van der Waals surface area contributed by atoms with Gasteiger partial charge in [0.15, 0.2) is 0 Å². The number of pyridine rings is 2. The highest BCUT2D eigenvalue weighted by atomic mass is 16.5. The number of fused-ring (bicyclic) bond motifs is 2. The van der Waals surface area contributed by atoms with Crippen molar-refractivity contribution in [3.63, 3.8) is 0 Å². The molecular formula is C29H30N6O3. The van der Waals surface area contributed by atoms with Gasteiger partial charge in [-0.25, -0.2) is 14.8 Å². The zero-order chi connectivity index (χ0) is 25.9. The predicted octanol–water partition coefficient (Wildman–Crippen LogP) is 4.40. The van der Waals surface area contributed by atoms with E-state index in [1.54, 1.807) is 12.4 Å². The van der Waals surface area contributed by atoms with Crippen LogP contribution in [0.25, 0.3) is 5.65 Å². The van der Waals surface area contributed by atoms with Gasteiger partial charge in [0.2, 0.25) is 5.88 Å². The van der Waals surface area contributed by atoms with Gasteiger partial charge >= 0.3 is 6.03 Å². The van der Waals surface area contributed by atoms with Crippen molar-refractivity contribution in [2.45, 2.75) is 38.1 Å². The molecule has 1 saturated heterocycles. The number of anilines is 1. The van der Waals surface area contributed by atoms with Crippen LogP contribution >= 0.6 is 0 Å². The van der Waals surface area contributed by atoms with Crippen molar-refractivity contribution in [2.24, 2.45) is 0 Å². The van der Waals surface area contributed by atoms with Gasteiger partial charge < -0.3 is 24.7 Å². The first-order chi connectivity index (χ1) is 18.6. The molecule has 0 spiro atoms. The van der Waals surface area contributed by atoms with Gasteiger partial charge in [-0.05, 0) is 73.1 Å². The smallest absolute Gasteiger partial charge is 0.319 e. The van der Waals surface area contributed by atoms with Crippen molar-refractivity contribution in [3.8, 4) is 5.88 Å². The molecule has 3 aromatic heterocycles. The average Bonchev–Trinajstić information content (AvgIpc) is 3.44. The van der Waals surface area contributed by atoms with Gasteiger partial charge in [-0.2, -0.15) is 0 Å². The Kier molecular flexibility index (Phi) is 6.64. The zero-order valence-corrected chi connectivity index (χ0v) is 21.1. The lowest BCUT2D eigenvalue weighted by Crippen LogP contribution is -2.38. The van der Waals surface area contributed by atoms with Gasteiger partial charge in [-0.3, -0.25) is 4.79 Å². The van der Waals surface area contributed by atoms with E-state index in [-0.39, 0.29) is 11.9 Å². The number of imidazole rings is 1. The maximum Gasteiger partial charge on any atom is 0.319 e. The third-order valence-corrected chi connectivity index (χ3v) is 7.34. The van der Waals surface area contributed by atoms with Crippen molar-refractivity contribution in [1.29, 1.82) is 0 Å². The third-order valence-electron chi connectivity index (χ3n) is 7.34. The number of piperidine rings is 1. The molecule has 9 nitrogen and oxygen atoms in total. The van der Waals surface area contributed by atoms with Crippen molar-refractivity contribution < 1.29 is 14.3 Å². The van der Waals surface area contributed by atoms with E-state index in [4.69, 9.17) is 4.74 Å². The summed E-state index contributed by atoms with van der Waals surface area (Å²) in [7, 11) is 0. The minimum Gasteiger partial charge on any atom is -0.477 e. The fourth-order valence-corrected chi connectivity index (χ4v) is 5.21. The Morgan fingerprint density at radius 2 is 1.87 bits per heavy atom. The molecule has 0 aliphatic carbocycles. The number of amides is 3. The molecule has 0 bridgehead atoms. The molecule has 2 aliphatic heterocycles. The number of benzene rings is 1. The second-order valence-electron chi connectivity index (χ2n) is 9.86. The molecule has 1 fully saturated rings. The summed E-state index contributed by atoms with van der Waals surface area (Å²) in [5.41, 5.74) is 5.46. The lowest BCUT2D eigenvalue weighted by molar-refractivity contribution is 0.0712. The monoisotopic (exact) mass is 510 g/mol. The number of nitrogens with one attached hydrogen (secondary N) is 2. The highest BCUT2D eigenvalue weighted by molar-refractivity contribution is 5.94. The molecule has 38 heavy (non-hydrogen) atoms. The summed E-state index contributed by atoms with van der Waals surface area (Å²) in [5, 5.41) is 5.79. The van der Waals surface area contributed by atoms with E-state index in [1.165, 1.54) is 5.56 Å². The molecular weight excluding hydrogens is 480 g/mol. The number of hydrogen-bond acceptors (Lipinski definition) is 5. The quantitative estimate of drug-likeness (QED) is 0.415. The maximum absolute atomic E-state index is 13.1. The van der Waals surface area contributed by atoms with E-state index in [1.807, 2.05) is 52.0 Å². The van der Waals surface area contributed by atoms with Crippen LogP contribution in [0.3, 0.4) is 0 Å². The lowest BCUT2D eigenvalue weighted by Gasteiger charge is -2.32. The summed E-state index contributed by atoms with van der Waals surface area (Å²) in [5.74, 6) is 1.09. The first-order valence-electron chi connectivity index (χ1n) is 13.1. The molecule has 0 saturated carbocycles. The molecule has 4 aromatic rings. The number of aromatic nitrogens is 3. The van der Waals surface area contributed by atoms with Gasteiger partial charge in [-0.1, -0.05) is 12.1 Å². The number of ether oxygens (including phenoxy) is 1. The summed E-state index contributed by atoms with van der Waals surface area (Å²) in [6.07, 6.45) is 10.9. The predicted molar refractivity (Wildman–Crippen MR) is 143 cm³/mol. The number of rotatable bonds is 5. The molecule has 9 heteroatoms. The first kappa shape index (κ1) is 24.0. The Bertz CT molecular complexity index is 1460. The minimum absolute atomic E-state index is 0.0413. The number of nitrogens with zero attached hydrogens (tertiary/aromatic N) is 4. The van der Waals surface area contributed by atoms with Crippen LogP contribution in [0, 0.1) is 0 Å². The maximum atomic E-state index is 13.1. The molecule has 0 radical (unpaired) electrons. The van der Waals surface area contributed by atoms with E-state index in [0.717, 1.165) is 48.1 Å². The summed E-state index contributed by atoms with van der Waals surface area (Å²) < 4.78 is 7.50. The fraction of sp³-hybridized carbons (Fsp3) is 0.310. The van der Waals surface area contributed by atoms with Gasteiger partial charge in [0.1, 0.15) is 5.65 Å². The Balaban J connectivity index is 0.989. The number of aryl methyl sites for hydroxylation is 1. The minimum atomic E-state index is -0.254. The average molecular weight is 511 g/mol. The van der Waals surface area contributed by atoms with Crippen LogP contribution in [0.1, 0.15) is 52.2 Å². The van der Waals surface area contributed by atoms with Gasteiger partial charge in [0.25, 0.3) is 5.91 Å². The normalized spacial score (nSPS) is 15.5. The number of carbonyl (C=O) groups is 2. The molecule has 3 amide bonds. The Morgan fingerprint density at radius 3 is 2.71 bits per heavy atom. The number of likely N-dealkylation sites (tertiary alicyclic amines) is 1. The summed E-state index contributed by atoms with van der Waals surface area (Å²) in [6, 6.07) is 13.6. The highest BCUT2D eigenvalue weighted by Gasteiger charge is 2.26. The highest BCUT2D eigenvalue weighted by Crippen LogP contribution is 2.30. The molecule has 1 aromatic carbocycles. The lowest BCUT2D eigenvalue weighted by atomic mass is 9.89. The zero-order valence-electron chi connectivity index (χ0n) is 21.1. The van der Waals surface area contributed by atoms with Crippen LogP contribution in [-0.4, -0.2) is 50.9 Å². The summed E-state index contributed by atoms with van der Waals surface area (Å²) in [4.78, 5) is 36.0. The van der Waals surface area contributed by atoms with Crippen molar-refractivity contribution in [1.82, 2.24) is 24.6 Å². The van der Waals surface area contributed by atoms with Crippen LogP contribution in [0.5, 0.6) is 5.88 Å². The molecule has 2 aliphatic rings. The number of hydrogen-bond donors (Lipinski definition) is 2. The van der Waals surface area contributed by atoms with Crippen LogP contribution < -0.4 is 15.4 Å². The van der Waals surface area contributed by atoms with Gasteiger partial charge in [-0.15, -0.1) is 0 Å². The van der Waals surface area contributed by atoms with Gasteiger partial charge in [0.05, 0.1) is 12.2 Å². The largest absolute Gasteiger partial charge is 0.477 e. The topological polar surface area (TPSA) is 101 Å². The van der Waals surface area contributed by atoms with Crippen LogP contribution in [-0.2, 0) is 13.0 Å². The number of carbonyl (C=O) groups excluding carboxylic acids is 2. The Hall–Kier alpha value is -4.40. The van der Waals surface area contributed by atoms with Crippen LogP contribution in [0.15, 0.2) is 67.3 Å². The van der Waals surface area contributed by atoms with Crippen molar-refractivity contribution in [3.05, 3.63) is 89.5 Å². The van der Waals surface area contributed by atoms with E-state index < -0.39 is 0 Å². The first-order valence-corrected chi connectivity index (χ1v) is 13.1. The SMILES string of the molecule is O=C(NCc1ccn2ccnc2c1)Nc1ccc(C2CCN(C(=O)c3cnc4c(c3)CCCO4)CC2)cc1. The number of urea groups is 1. The Labute approximate surface area is 220 Å². The fourth-order valence-electron chi connectivity index (χ4n) is 5.21. The molecule has 0 unspecified atom stereocenters. The van der Waals surface area contributed by atoms with Crippen molar-refractivity contribution in [2.75, 3.05) is 25.0 Å². The molecule has 2 N–H and O–H groups in total. The molecule has 6 rings (SSSR count). The second-order valence-corrected chi connectivity index (χ2v) is 9.86. The molecule has 194 valence electrons. The van der Waals surface area contributed by atoms with E-state index >= 15 is 0 Å². The third kappa shape index (κ3) is 5.18. The van der Waals surface area contributed by atoms with Gasteiger partial charge in [0, 0.05) is 55.7 Å². The van der Waals surface area contributed by atoms with E-state index in [2.05, 4.69) is 32.7 Å². The summed E-state index contributed by atoms with van der Waals surface area (Å²) in [6.45, 7) is 2.53. The standard InChI is InChI=1S/C29H30N6O3/c36-28(24-17-23-2-1-15-38-27(23)31-19-24)35-12-8-22(9-13-35)21-3-5-25(6-4-21)33-29(37)32-18-20-7-11-34-14-10-30-26(34)16-20/h3-7,10-11,14,16-17,19,22H,1-2,8-9,12-13,15,18H2,(H2,32,33,37).